The second-order valence-corrected chi connectivity index (χ2v) is 5.32. The Morgan fingerprint density at radius 1 is 1.00 bits per heavy atom. The Bertz CT molecular complexity index is 827. The molecular formula is C14H8Cl2N2S. The van der Waals surface area contributed by atoms with Crippen LogP contribution in [0.1, 0.15) is 0 Å². The molecule has 0 atom stereocenters. The molecule has 0 unspecified atom stereocenters. The summed E-state index contributed by atoms with van der Waals surface area (Å²) in [6.45, 7) is 0. The van der Waals surface area contributed by atoms with Gasteiger partial charge in [0, 0.05) is 21.4 Å². The number of halogens is 2. The Morgan fingerprint density at radius 2 is 1.74 bits per heavy atom. The molecule has 1 aromatic heterocycles. The molecule has 0 amide bonds. The number of H-pyrrole nitrogens is 1. The third-order valence-electron chi connectivity index (χ3n) is 2.88. The van der Waals surface area contributed by atoms with Gasteiger partial charge in [-0.2, -0.15) is 5.10 Å². The molecule has 2 nitrogen and oxygen atoms in total. The Labute approximate surface area is 125 Å². The van der Waals surface area contributed by atoms with E-state index in [9.17, 15) is 0 Å². The van der Waals surface area contributed by atoms with Gasteiger partial charge in [0.1, 0.15) is 10.3 Å². The second kappa shape index (κ2) is 4.93. The Kier molecular flexibility index (Phi) is 3.27. The van der Waals surface area contributed by atoms with Gasteiger partial charge in [-0.05, 0) is 18.2 Å². The van der Waals surface area contributed by atoms with Crippen molar-refractivity contribution in [3.05, 3.63) is 57.2 Å². The van der Waals surface area contributed by atoms with E-state index in [0.29, 0.717) is 14.7 Å². The molecule has 0 spiro atoms. The van der Waals surface area contributed by atoms with Crippen molar-refractivity contribution in [1.82, 2.24) is 10.2 Å². The van der Waals surface area contributed by atoms with Crippen LogP contribution in [0.5, 0.6) is 0 Å². The molecule has 0 saturated heterocycles. The number of fused-ring (bicyclic) bond motifs is 1. The van der Waals surface area contributed by atoms with Crippen LogP contribution in [0.4, 0.5) is 0 Å². The summed E-state index contributed by atoms with van der Waals surface area (Å²) in [7, 11) is 0. The van der Waals surface area contributed by atoms with E-state index < -0.39 is 0 Å². The molecule has 1 heterocycles. The molecule has 0 aliphatic rings. The fraction of sp³-hybridized carbons (Fsp3) is 0. The minimum Gasteiger partial charge on any atom is -0.267 e. The Morgan fingerprint density at radius 3 is 2.53 bits per heavy atom. The molecule has 3 aromatic rings. The zero-order valence-corrected chi connectivity index (χ0v) is 12.0. The first-order chi connectivity index (χ1) is 9.16. The lowest BCUT2D eigenvalue weighted by Crippen LogP contribution is -1.92. The van der Waals surface area contributed by atoms with Crippen LogP contribution in [-0.2, 0) is 0 Å². The average Bonchev–Trinajstić information content (AvgIpc) is 2.43. The molecule has 0 fully saturated rings. The van der Waals surface area contributed by atoms with Crippen molar-refractivity contribution in [2.24, 2.45) is 0 Å². The van der Waals surface area contributed by atoms with E-state index in [0.717, 1.165) is 22.0 Å². The first kappa shape index (κ1) is 12.6. The Hall–Kier alpha value is -1.42. The molecule has 0 bridgehead atoms. The lowest BCUT2D eigenvalue weighted by atomic mass is 10.1. The molecule has 0 aliphatic heterocycles. The van der Waals surface area contributed by atoms with Gasteiger partial charge < -0.3 is 0 Å². The predicted octanol–water partition coefficient (Wildman–Crippen LogP) is 5.27. The van der Waals surface area contributed by atoms with Gasteiger partial charge >= 0.3 is 0 Å². The van der Waals surface area contributed by atoms with E-state index in [1.165, 1.54) is 0 Å². The fourth-order valence-electron chi connectivity index (χ4n) is 2.00. The maximum atomic E-state index is 6.23. The number of rotatable bonds is 1. The van der Waals surface area contributed by atoms with Crippen LogP contribution in [-0.4, -0.2) is 10.2 Å². The summed E-state index contributed by atoms with van der Waals surface area (Å²) in [6.07, 6.45) is 0. The highest BCUT2D eigenvalue weighted by atomic mass is 35.5. The van der Waals surface area contributed by atoms with E-state index >= 15 is 0 Å². The number of aromatic amines is 1. The minimum absolute atomic E-state index is 0.604. The Balaban J connectivity index is 2.41. The summed E-state index contributed by atoms with van der Waals surface area (Å²) in [5.74, 6) is 0. The summed E-state index contributed by atoms with van der Waals surface area (Å²) in [6, 6.07) is 13.1. The van der Waals surface area contributed by atoms with Crippen molar-refractivity contribution < 1.29 is 0 Å². The predicted molar refractivity (Wildman–Crippen MR) is 82.4 cm³/mol. The van der Waals surface area contributed by atoms with Crippen LogP contribution >= 0.6 is 35.4 Å². The van der Waals surface area contributed by atoms with E-state index in [-0.39, 0.29) is 0 Å². The van der Waals surface area contributed by atoms with Gasteiger partial charge in [-0.3, -0.25) is 5.10 Å². The van der Waals surface area contributed by atoms with Crippen LogP contribution in [0.2, 0.25) is 10.0 Å². The first-order valence-corrected chi connectivity index (χ1v) is 6.76. The molecule has 1 N–H and O–H groups in total. The number of benzene rings is 2. The highest BCUT2D eigenvalue weighted by Gasteiger charge is 2.10. The molecule has 2 aromatic carbocycles. The lowest BCUT2D eigenvalue weighted by Gasteiger charge is -2.08. The van der Waals surface area contributed by atoms with Gasteiger partial charge in [-0.1, -0.05) is 59.7 Å². The maximum absolute atomic E-state index is 6.23. The summed E-state index contributed by atoms with van der Waals surface area (Å²) >= 11 is 17.5. The normalized spacial score (nSPS) is 10.8. The zero-order valence-electron chi connectivity index (χ0n) is 9.65. The van der Waals surface area contributed by atoms with E-state index in [2.05, 4.69) is 10.2 Å². The summed E-state index contributed by atoms with van der Waals surface area (Å²) in [5, 5.41) is 10.3. The third kappa shape index (κ3) is 2.25. The van der Waals surface area contributed by atoms with Gasteiger partial charge in [0.15, 0.2) is 0 Å². The standard InChI is InChI=1S/C14H8Cl2N2S/c15-8-5-6-12(16)11(7-8)13-9-3-1-2-4-10(9)14(19)18-17-13/h1-7H,(H,18,19). The monoisotopic (exact) mass is 306 g/mol. The average molecular weight is 307 g/mol. The van der Waals surface area contributed by atoms with E-state index in [1.54, 1.807) is 18.2 Å². The van der Waals surface area contributed by atoms with Crippen molar-refractivity contribution >= 4 is 46.2 Å². The molecule has 0 saturated carbocycles. The highest BCUT2D eigenvalue weighted by Crippen LogP contribution is 2.33. The fourth-order valence-corrected chi connectivity index (χ4v) is 2.60. The number of nitrogens with one attached hydrogen (secondary N) is 1. The van der Waals surface area contributed by atoms with Gasteiger partial charge in [0.25, 0.3) is 0 Å². The molecular weight excluding hydrogens is 299 g/mol. The highest BCUT2D eigenvalue weighted by molar-refractivity contribution is 7.71. The summed E-state index contributed by atoms with van der Waals surface area (Å²) < 4.78 is 0.609. The van der Waals surface area contributed by atoms with Crippen molar-refractivity contribution in [2.75, 3.05) is 0 Å². The van der Waals surface area contributed by atoms with Crippen molar-refractivity contribution in [3.63, 3.8) is 0 Å². The molecule has 0 aliphatic carbocycles. The van der Waals surface area contributed by atoms with Crippen LogP contribution in [0.15, 0.2) is 42.5 Å². The molecule has 3 rings (SSSR count). The van der Waals surface area contributed by atoms with E-state index in [4.69, 9.17) is 35.4 Å². The number of hydrogen-bond acceptors (Lipinski definition) is 2. The second-order valence-electron chi connectivity index (χ2n) is 4.07. The van der Waals surface area contributed by atoms with Gasteiger partial charge in [-0.25, -0.2) is 0 Å². The molecule has 0 radical (unpaired) electrons. The smallest absolute Gasteiger partial charge is 0.127 e. The van der Waals surface area contributed by atoms with Crippen molar-refractivity contribution in [3.8, 4) is 11.3 Å². The summed E-state index contributed by atoms with van der Waals surface area (Å²) in [4.78, 5) is 0. The van der Waals surface area contributed by atoms with Crippen LogP contribution in [0, 0.1) is 4.64 Å². The van der Waals surface area contributed by atoms with E-state index in [1.807, 2.05) is 24.3 Å². The van der Waals surface area contributed by atoms with Gasteiger partial charge in [-0.15, -0.1) is 0 Å². The van der Waals surface area contributed by atoms with Crippen molar-refractivity contribution in [2.45, 2.75) is 0 Å². The SMILES string of the molecule is S=c1[nH]nc(-c2cc(Cl)ccc2Cl)c2ccccc12. The number of nitrogens with zero attached hydrogens (tertiary/aromatic N) is 1. The molecule has 94 valence electrons. The largest absolute Gasteiger partial charge is 0.267 e. The quantitative estimate of drug-likeness (QED) is 0.621. The first-order valence-electron chi connectivity index (χ1n) is 5.59. The minimum atomic E-state index is 0.604. The van der Waals surface area contributed by atoms with Crippen molar-refractivity contribution in [1.29, 1.82) is 0 Å². The van der Waals surface area contributed by atoms with Crippen LogP contribution in [0.25, 0.3) is 22.0 Å². The summed E-state index contributed by atoms with van der Waals surface area (Å²) in [5.41, 5.74) is 1.54. The topological polar surface area (TPSA) is 28.7 Å². The number of aromatic nitrogens is 2. The van der Waals surface area contributed by atoms with Crippen LogP contribution in [0.3, 0.4) is 0 Å². The van der Waals surface area contributed by atoms with Gasteiger partial charge in [0.05, 0.1) is 5.02 Å². The molecule has 5 heteroatoms. The third-order valence-corrected chi connectivity index (χ3v) is 3.76. The van der Waals surface area contributed by atoms with Gasteiger partial charge in [0.2, 0.25) is 0 Å². The number of hydrogen-bond donors (Lipinski definition) is 1. The lowest BCUT2D eigenvalue weighted by molar-refractivity contribution is 1.04. The maximum Gasteiger partial charge on any atom is 0.127 e. The van der Waals surface area contributed by atoms with Crippen LogP contribution < -0.4 is 0 Å². The molecule has 19 heavy (non-hydrogen) atoms. The zero-order chi connectivity index (χ0) is 13.4.